The molecule has 0 atom stereocenters. The maximum absolute atomic E-state index is 6.37. The zero-order chi connectivity index (χ0) is 16.4. The molecule has 118 valence electrons. The molecule has 0 spiro atoms. The van der Waals surface area contributed by atoms with Gasteiger partial charge in [0, 0.05) is 32.9 Å². The van der Waals surface area contributed by atoms with Crippen LogP contribution in [0.1, 0.15) is 25.2 Å². The van der Waals surface area contributed by atoms with Crippen molar-refractivity contribution in [1.82, 2.24) is 15.0 Å². The number of benzene rings is 1. The first-order chi connectivity index (χ1) is 11.1. The van der Waals surface area contributed by atoms with E-state index in [4.69, 9.17) is 23.2 Å². The Labute approximate surface area is 149 Å². The van der Waals surface area contributed by atoms with Crippen molar-refractivity contribution < 1.29 is 0 Å². The van der Waals surface area contributed by atoms with Gasteiger partial charge in [-0.1, -0.05) is 37.0 Å². The number of hydrogen-bond acceptors (Lipinski definition) is 4. The van der Waals surface area contributed by atoms with Crippen LogP contribution in [0.15, 0.2) is 40.5 Å². The first kappa shape index (κ1) is 16.5. The van der Waals surface area contributed by atoms with Crippen LogP contribution >= 0.6 is 35.0 Å². The van der Waals surface area contributed by atoms with Crippen molar-refractivity contribution in [1.29, 1.82) is 0 Å². The predicted molar refractivity (Wildman–Crippen MR) is 96.7 cm³/mol. The molecule has 1 aromatic carbocycles. The Kier molecular flexibility index (Phi) is 5.05. The lowest BCUT2D eigenvalue weighted by atomic mass is 10.2. The molecule has 0 unspecified atom stereocenters. The summed E-state index contributed by atoms with van der Waals surface area (Å²) in [6.45, 7) is 4.19. The second-order valence-corrected chi connectivity index (χ2v) is 6.89. The molecule has 0 amide bonds. The van der Waals surface area contributed by atoms with Crippen molar-refractivity contribution in [3.63, 3.8) is 0 Å². The van der Waals surface area contributed by atoms with Gasteiger partial charge in [-0.25, -0.2) is 9.97 Å². The number of aryl methyl sites for hydroxylation is 2. The molecule has 3 rings (SSSR count). The molecule has 0 aliphatic rings. The van der Waals surface area contributed by atoms with Crippen LogP contribution in [-0.4, -0.2) is 15.0 Å². The van der Waals surface area contributed by atoms with Crippen LogP contribution in [0.4, 0.5) is 0 Å². The molecule has 23 heavy (non-hydrogen) atoms. The number of fused-ring (bicyclic) bond motifs is 1. The van der Waals surface area contributed by atoms with Gasteiger partial charge in [-0.3, -0.25) is 4.98 Å². The average molecular weight is 364 g/mol. The molecule has 0 saturated carbocycles. The van der Waals surface area contributed by atoms with E-state index in [2.05, 4.69) is 34.9 Å². The highest BCUT2D eigenvalue weighted by Gasteiger charge is 2.12. The Hall–Kier alpha value is -1.36. The van der Waals surface area contributed by atoms with Gasteiger partial charge < -0.3 is 0 Å². The van der Waals surface area contributed by atoms with Crippen molar-refractivity contribution in [2.45, 2.75) is 36.7 Å². The van der Waals surface area contributed by atoms with E-state index in [1.54, 1.807) is 12.3 Å². The summed E-state index contributed by atoms with van der Waals surface area (Å²) >= 11 is 13.9. The minimum Gasteiger partial charge on any atom is -0.256 e. The lowest BCUT2D eigenvalue weighted by molar-refractivity contribution is 0.840. The summed E-state index contributed by atoms with van der Waals surface area (Å²) in [7, 11) is 0. The van der Waals surface area contributed by atoms with E-state index >= 15 is 0 Å². The summed E-state index contributed by atoms with van der Waals surface area (Å²) in [5, 5.41) is 2.78. The second kappa shape index (κ2) is 7.04. The Morgan fingerprint density at radius 3 is 2.35 bits per heavy atom. The van der Waals surface area contributed by atoms with Gasteiger partial charge in [0.15, 0.2) is 5.16 Å². The maximum Gasteiger partial charge on any atom is 0.192 e. The molecular weight excluding hydrogens is 349 g/mol. The van der Waals surface area contributed by atoms with Crippen molar-refractivity contribution in [2.24, 2.45) is 0 Å². The van der Waals surface area contributed by atoms with E-state index < -0.39 is 0 Å². The minimum absolute atomic E-state index is 0.578. The number of aromatic nitrogens is 3. The van der Waals surface area contributed by atoms with E-state index in [1.165, 1.54) is 11.8 Å². The van der Waals surface area contributed by atoms with Crippen LogP contribution < -0.4 is 0 Å². The SMILES string of the molecule is CCc1cc(CC)nc(Sc2ccnc3cc(Cl)cc(Cl)c23)n1. The normalized spacial score (nSPS) is 11.1. The Balaban J connectivity index is 2.08. The summed E-state index contributed by atoms with van der Waals surface area (Å²) in [5.41, 5.74) is 2.87. The molecule has 3 aromatic rings. The second-order valence-electron chi connectivity index (χ2n) is 5.03. The number of halogens is 2. The lowest BCUT2D eigenvalue weighted by Gasteiger charge is -2.09. The summed E-state index contributed by atoms with van der Waals surface area (Å²) in [6, 6.07) is 7.54. The molecule has 2 aromatic heterocycles. The number of hydrogen-bond donors (Lipinski definition) is 0. The number of rotatable bonds is 4. The van der Waals surface area contributed by atoms with Crippen molar-refractivity contribution >= 4 is 45.9 Å². The van der Waals surface area contributed by atoms with Crippen LogP contribution in [0.3, 0.4) is 0 Å². The fraction of sp³-hybridized carbons (Fsp3) is 0.235. The third-order valence-corrected chi connectivity index (χ3v) is 4.90. The average Bonchev–Trinajstić information content (AvgIpc) is 2.54. The molecular formula is C17H15Cl2N3S. The zero-order valence-corrected chi connectivity index (χ0v) is 15.1. The van der Waals surface area contributed by atoms with E-state index in [-0.39, 0.29) is 0 Å². The van der Waals surface area contributed by atoms with E-state index in [1.807, 2.05) is 12.1 Å². The van der Waals surface area contributed by atoms with Crippen LogP contribution in [0, 0.1) is 0 Å². The molecule has 0 N–H and O–H groups in total. The monoisotopic (exact) mass is 363 g/mol. The Bertz CT molecular complexity index is 846. The minimum atomic E-state index is 0.578. The third-order valence-electron chi connectivity index (χ3n) is 3.46. The van der Waals surface area contributed by atoms with Crippen molar-refractivity contribution in [3.8, 4) is 0 Å². The fourth-order valence-electron chi connectivity index (χ4n) is 2.29. The third kappa shape index (κ3) is 3.60. The largest absolute Gasteiger partial charge is 0.256 e. The quantitative estimate of drug-likeness (QED) is 0.564. The first-order valence-corrected chi connectivity index (χ1v) is 8.96. The number of pyridine rings is 1. The predicted octanol–water partition coefficient (Wildman–Crippen LogP) is 5.61. The van der Waals surface area contributed by atoms with Crippen LogP contribution in [0.5, 0.6) is 0 Å². The van der Waals surface area contributed by atoms with Gasteiger partial charge in [0.2, 0.25) is 0 Å². The zero-order valence-electron chi connectivity index (χ0n) is 12.8. The smallest absolute Gasteiger partial charge is 0.192 e. The van der Waals surface area contributed by atoms with Gasteiger partial charge in [0.25, 0.3) is 0 Å². The van der Waals surface area contributed by atoms with Crippen molar-refractivity contribution in [3.05, 3.63) is 51.9 Å². The molecule has 0 fully saturated rings. The van der Waals surface area contributed by atoms with Crippen LogP contribution in [0.2, 0.25) is 10.0 Å². The van der Waals surface area contributed by atoms with E-state index in [0.29, 0.717) is 10.0 Å². The highest BCUT2D eigenvalue weighted by atomic mass is 35.5. The maximum atomic E-state index is 6.37. The Morgan fingerprint density at radius 1 is 1.00 bits per heavy atom. The molecule has 2 heterocycles. The molecule has 0 bridgehead atoms. The summed E-state index contributed by atoms with van der Waals surface area (Å²) in [4.78, 5) is 14.6. The van der Waals surface area contributed by atoms with Crippen LogP contribution in [0.25, 0.3) is 10.9 Å². The van der Waals surface area contributed by atoms with Crippen molar-refractivity contribution in [2.75, 3.05) is 0 Å². The van der Waals surface area contributed by atoms with Gasteiger partial charge in [0.05, 0.1) is 10.5 Å². The van der Waals surface area contributed by atoms with Gasteiger partial charge in [-0.2, -0.15) is 0 Å². The fourth-order valence-corrected chi connectivity index (χ4v) is 3.90. The Morgan fingerprint density at radius 2 is 1.70 bits per heavy atom. The molecule has 6 heteroatoms. The van der Waals surface area contributed by atoms with E-state index in [9.17, 15) is 0 Å². The topological polar surface area (TPSA) is 38.7 Å². The highest BCUT2D eigenvalue weighted by molar-refractivity contribution is 7.99. The van der Waals surface area contributed by atoms with Crippen LogP contribution in [-0.2, 0) is 12.8 Å². The van der Waals surface area contributed by atoms with Gasteiger partial charge in [0.1, 0.15) is 0 Å². The van der Waals surface area contributed by atoms with E-state index in [0.717, 1.165) is 45.2 Å². The summed E-state index contributed by atoms with van der Waals surface area (Å²) in [5.74, 6) is 0. The summed E-state index contributed by atoms with van der Waals surface area (Å²) < 4.78 is 0. The lowest BCUT2D eigenvalue weighted by Crippen LogP contribution is -1.98. The molecule has 0 aliphatic carbocycles. The van der Waals surface area contributed by atoms with Gasteiger partial charge in [-0.15, -0.1) is 0 Å². The summed E-state index contributed by atoms with van der Waals surface area (Å²) in [6.07, 6.45) is 3.52. The number of nitrogens with zero attached hydrogens (tertiary/aromatic N) is 3. The standard InChI is InChI=1S/C17H15Cl2N3S/c1-3-11-9-12(4-2)22-17(21-11)23-15-5-6-20-14-8-10(18)7-13(19)16(14)15/h5-9H,3-4H2,1-2H3. The molecule has 0 saturated heterocycles. The highest BCUT2D eigenvalue weighted by Crippen LogP contribution is 2.36. The molecule has 3 nitrogen and oxygen atoms in total. The molecule has 0 radical (unpaired) electrons. The molecule has 0 aliphatic heterocycles. The first-order valence-electron chi connectivity index (χ1n) is 7.39. The van der Waals surface area contributed by atoms with Gasteiger partial charge in [-0.05, 0) is 48.9 Å². The van der Waals surface area contributed by atoms with Gasteiger partial charge >= 0.3 is 0 Å².